The standard InChI is InChI=1S/C13H25N3O4.ClH/c1-19-7-5-15-11(17)9-13(3-4-14-10-13)12(18)16-6-8-20-2;/h14H,3-10H2,1-2H3,(H,15,17)(H,16,18);1H. The van der Waals surface area contributed by atoms with E-state index in [0.29, 0.717) is 39.3 Å². The van der Waals surface area contributed by atoms with Crippen molar-refractivity contribution >= 4 is 24.2 Å². The van der Waals surface area contributed by atoms with Crippen molar-refractivity contribution in [3.8, 4) is 0 Å². The first kappa shape index (κ1) is 20.1. The number of carbonyl (C=O) groups is 2. The molecule has 21 heavy (non-hydrogen) atoms. The third kappa shape index (κ3) is 6.60. The Kier molecular flexibility index (Phi) is 10.3. The molecular formula is C13H26ClN3O4. The van der Waals surface area contributed by atoms with Crippen LogP contribution in [0.15, 0.2) is 0 Å². The van der Waals surface area contributed by atoms with Crippen LogP contribution in [-0.4, -0.2) is 65.4 Å². The van der Waals surface area contributed by atoms with Gasteiger partial charge in [0.15, 0.2) is 0 Å². The van der Waals surface area contributed by atoms with Crippen molar-refractivity contribution in [1.82, 2.24) is 16.0 Å². The van der Waals surface area contributed by atoms with Gasteiger partial charge in [0.1, 0.15) is 0 Å². The number of hydrogen-bond donors (Lipinski definition) is 3. The van der Waals surface area contributed by atoms with Gasteiger partial charge in [0.25, 0.3) is 0 Å². The monoisotopic (exact) mass is 323 g/mol. The molecule has 1 aliphatic rings. The maximum Gasteiger partial charge on any atom is 0.228 e. The molecule has 1 heterocycles. The lowest BCUT2D eigenvalue weighted by Crippen LogP contribution is -2.46. The molecule has 8 heteroatoms. The molecule has 0 aromatic rings. The summed E-state index contributed by atoms with van der Waals surface area (Å²) >= 11 is 0. The van der Waals surface area contributed by atoms with Gasteiger partial charge in [-0.05, 0) is 13.0 Å². The van der Waals surface area contributed by atoms with Crippen LogP contribution in [0.5, 0.6) is 0 Å². The molecule has 1 saturated heterocycles. The molecule has 3 N–H and O–H groups in total. The number of methoxy groups -OCH3 is 2. The number of ether oxygens (including phenoxy) is 2. The van der Waals surface area contributed by atoms with E-state index < -0.39 is 5.41 Å². The average molecular weight is 324 g/mol. The Balaban J connectivity index is 0.00000400. The van der Waals surface area contributed by atoms with Crippen LogP contribution in [0.3, 0.4) is 0 Å². The van der Waals surface area contributed by atoms with Gasteiger partial charge in [-0.25, -0.2) is 0 Å². The fraction of sp³-hybridized carbons (Fsp3) is 0.846. The van der Waals surface area contributed by atoms with Gasteiger partial charge >= 0.3 is 0 Å². The topological polar surface area (TPSA) is 88.7 Å². The summed E-state index contributed by atoms with van der Waals surface area (Å²) in [5.74, 6) is -0.200. The van der Waals surface area contributed by atoms with Crippen molar-refractivity contribution in [1.29, 1.82) is 0 Å². The Morgan fingerprint density at radius 1 is 1.14 bits per heavy atom. The molecule has 0 aromatic carbocycles. The molecular weight excluding hydrogens is 298 g/mol. The first-order valence-electron chi connectivity index (χ1n) is 6.88. The second-order valence-electron chi connectivity index (χ2n) is 4.98. The summed E-state index contributed by atoms with van der Waals surface area (Å²) in [7, 11) is 3.17. The maximum atomic E-state index is 12.3. The van der Waals surface area contributed by atoms with E-state index in [0.717, 1.165) is 6.54 Å². The molecule has 1 rings (SSSR count). The zero-order valence-electron chi connectivity index (χ0n) is 12.7. The van der Waals surface area contributed by atoms with Gasteiger partial charge in [0.05, 0.1) is 18.6 Å². The molecule has 1 aliphatic heterocycles. The molecule has 1 atom stereocenters. The lowest BCUT2D eigenvalue weighted by Gasteiger charge is -2.26. The molecule has 0 bridgehead atoms. The summed E-state index contributed by atoms with van der Waals surface area (Å²) in [6.45, 7) is 3.14. The molecule has 2 amide bonds. The smallest absolute Gasteiger partial charge is 0.228 e. The number of carbonyl (C=O) groups excluding carboxylic acids is 2. The molecule has 124 valence electrons. The fourth-order valence-corrected chi connectivity index (χ4v) is 2.29. The lowest BCUT2D eigenvalue weighted by molar-refractivity contribution is -0.135. The van der Waals surface area contributed by atoms with E-state index in [1.54, 1.807) is 14.2 Å². The summed E-state index contributed by atoms with van der Waals surface area (Å²) in [6, 6.07) is 0. The van der Waals surface area contributed by atoms with E-state index in [4.69, 9.17) is 9.47 Å². The van der Waals surface area contributed by atoms with Crippen molar-refractivity contribution in [2.45, 2.75) is 12.8 Å². The van der Waals surface area contributed by atoms with E-state index in [9.17, 15) is 9.59 Å². The number of amides is 2. The van der Waals surface area contributed by atoms with Gasteiger partial charge < -0.3 is 25.4 Å². The molecule has 1 unspecified atom stereocenters. The van der Waals surface area contributed by atoms with Crippen LogP contribution in [-0.2, 0) is 19.1 Å². The van der Waals surface area contributed by atoms with E-state index in [1.807, 2.05) is 0 Å². The molecule has 0 aromatic heterocycles. The van der Waals surface area contributed by atoms with Crippen LogP contribution >= 0.6 is 12.4 Å². The first-order chi connectivity index (χ1) is 9.64. The van der Waals surface area contributed by atoms with E-state index in [-0.39, 0.29) is 30.6 Å². The minimum atomic E-state index is -0.648. The third-order valence-electron chi connectivity index (χ3n) is 3.44. The van der Waals surface area contributed by atoms with Gasteiger partial charge in [0, 0.05) is 40.3 Å². The molecule has 7 nitrogen and oxygen atoms in total. The minimum absolute atomic E-state index is 0. The normalized spacial score (nSPS) is 20.7. The molecule has 1 fully saturated rings. The van der Waals surface area contributed by atoms with E-state index in [1.165, 1.54) is 0 Å². The Bertz CT molecular complexity index is 323. The van der Waals surface area contributed by atoms with Crippen LogP contribution in [0.25, 0.3) is 0 Å². The van der Waals surface area contributed by atoms with Gasteiger partial charge in [-0.1, -0.05) is 0 Å². The molecule has 0 spiro atoms. The van der Waals surface area contributed by atoms with E-state index >= 15 is 0 Å². The van der Waals surface area contributed by atoms with Crippen LogP contribution in [0, 0.1) is 5.41 Å². The summed E-state index contributed by atoms with van der Waals surface area (Å²) in [5.41, 5.74) is -0.648. The van der Waals surface area contributed by atoms with Crippen molar-refractivity contribution in [2.24, 2.45) is 5.41 Å². The zero-order valence-corrected chi connectivity index (χ0v) is 13.5. The third-order valence-corrected chi connectivity index (χ3v) is 3.44. The second kappa shape index (κ2) is 10.8. The molecule has 0 aliphatic carbocycles. The average Bonchev–Trinajstić information content (AvgIpc) is 2.89. The number of nitrogens with one attached hydrogen (secondary N) is 3. The minimum Gasteiger partial charge on any atom is -0.383 e. The van der Waals surface area contributed by atoms with Gasteiger partial charge in [-0.2, -0.15) is 0 Å². The summed E-state index contributed by atoms with van der Waals surface area (Å²) in [5, 5.41) is 8.75. The van der Waals surface area contributed by atoms with Crippen molar-refractivity contribution < 1.29 is 19.1 Å². The van der Waals surface area contributed by atoms with Crippen LogP contribution in [0.2, 0.25) is 0 Å². The highest BCUT2D eigenvalue weighted by molar-refractivity contribution is 5.89. The quantitative estimate of drug-likeness (QED) is 0.489. The summed E-state index contributed by atoms with van der Waals surface area (Å²) in [6.07, 6.45) is 0.867. The highest BCUT2D eigenvalue weighted by Crippen LogP contribution is 2.29. The number of halogens is 1. The van der Waals surface area contributed by atoms with Gasteiger partial charge in [-0.3, -0.25) is 9.59 Å². The second-order valence-corrected chi connectivity index (χ2v) is 4.98. The molecule has 0 saturated carbocycles. The largest absolute Gasteiger partial charge is 0.383 e. The van der Waals surface area contributed by atoms with Crippen molar-refractivity contribution in [3.05, 3.63) is 0 Å². The number of hydrogen-bond acceptors (Lipinski definition) is 5. The lowest BCUT2D eigenvalue weighted by atomic mass is 9.82. The van der Waals surface area contributed by atoms with Crippen LogP contribution in [0.4, 0.5) is 0 Å². The first-order valence-corrected chi connectivity index (χ1v) is 6.88. The van der Waals surface area contributed by atoms with Gasteiger partial charge in [0.2, 0.25) is 11.8 Å². The number of rotatable bonds is 9. The highest BCUT2D eigenvalue weighted by Gasteiger charge is 2.42. The Morgan fingerprint density at radius 3 is 2.29 bits per heavy atom. The Hall–Kier alpha value is -0.890. The predicted molar refractivity (Wildman–Crippen MR) is 81.6 cm³/mol. The predicted octanol–water partition coefficient (Wildman–Crippen LogP) is -0.697. The summed E-state index contributed by atoms with van der Waals surface area (Å²) in [4.78, 5) is 24.2. The Morgan fingerprint density at radius 2 is 1.76 bits per heavy atom. The van der Waals surface area contributed by atoms with Crippen LogP contribution in [0.1, 0.15) is 12.8 Å². The fourth-order valence-electron chi connectivity index (χ4n) is 2.29. The van der Waals surface area contributed by atoms with Crippen molar-refractivity contribution in [3.63, 3.8) is 0 Å². The molecule has 0 radical (unpaired) electrons. The zero-order chi connectivity index (χ0) is 14.8. The SMILES string of the molecule is COCCNC(=O)CC1(C(=O)NCCOC)CCNC1.Cl. The Labute approximate surface area is 131 Å². The highest BCUT2D eigenvalue weighted by atomic mass is 35.5. The van der Waals surface area contributed by atoms with Gasteiger partial charge in [-0.15, -0.1) is 12.4 Å². The summed E-state index contributed by atoms with van der Waals surface area (Å²) < 4.78 is 9.79. The van der Waals surface area contributed by atoms with E-state index in [2.05, 4.69) is 16.0 Å². The maximum absolute atomic E-state index is 12.3. The van der Waals surface area contributed by atoms with Crippen LogP contribution < -0.4 is 16.0 Å². The van der Waals surface area contributed by atoms with Crippen molar-refractivity contribution in [2.75, 3.05) is 53.6 Å².